The quantitative estimate of drug-likeness (QED) is 0.292. The first-order valence-corrected chi connectivity index (χ1v) is 10.1. The summed E-state index contributed by atoms with van der Waals surface area (Å²) in [7, 11) is 1.65. The zero-order valence-corrected chi connectivity index (χ0v) is 18.2. The van der Waals surface area contributed by atoms with Crippen LogP contribution < -0.4 is 4.74 Å². The maximum Gasteiger partial charge on any atom is 0.189 e. The van der Waals surface area contributed by atoms with E-state index in [4.69, 9.17) is 28.4 Å². The second-order valence-electron chi connectivity index (χ2n) is 7.08. The molecule has 0 N–H and O–H groups in total. The predicted molar refractivity (Wildman–Crippen MR) is 110 cm³/mol. The number of hydrogen-bond donors (Lipinski definition) is 0. The standard InChI is InChI=1S/C22H38O6/c1-18(2)20-7-6-8-21(19(3)4)22(20)28-17-27-16-15-26-14-13-25-12-11-24-10-9-23-5/h6-8,18-19H,9-17H2,1-5H3. The van der Waals surface area contributed by atoms with Gasteiger partial charge in [0.05, 0.1) is 52.9 Å². The number of benzene rings is 1. The third kappa shape index (κ3) is 10.4. The smallest absolute Gasteiger partial charge is 0.189 e. The molecule has 0 aromatic heterocycles. The van der Waals surface area contributed by atoms with E-state index in [0.29, 0.717) is 64.7 Å². The van der Waals surface area contributed by atoms with Crippen LogP contribution in [0.2, 0.25) is 0 Å². The van der Waals surface area contributed by atoms with Crippen LogP contribution in [0.5, 0.6) is 5.75 Å². The van der Waals surface area contributed by atoms with E-state index in [0.717, 1.165) is 5.75 Å². The summed E-state index contributed by atoms with van der Waals surface area (Å²) in [5.41, 5.74) is 2.43. The fourth-order valence-electron chi connectivity index (χ4n) is 2.61. The van der Waals surface area contributed by atoms with Gasteiger partial charge in [0.25, 0.3) is 0 Å². The number of rotatable bonds is 17. The summed E-state index contributed by atoms with van der Waals surface area (Å²) in [6, 6.07) is 6.34. The topological polar surface area (TPSA) is 55.4 Å². The highest BCUT2D eigenvalue weighted by atomic mass is 16.7. The first kappa shape index (κ1) is 24.9. The van der Waals surface area contributed by atoms with Crippen molar-refractivity contribution in [2.75, 3.05) is 66.8 Å². The van der Waals surface area contributed by atoms with Gasteiger partial charge in [0.2, 0.25) is 0 Å². The first-order valence-electron chi connectivity index (χ1n) is 10.1. The van der Waals surface area contributed by atoms with E-state index in [1.807, 2.05) is 0 Å². The van der Waals surface area contributed by atoms with Crippen molar-refractivity contribution in [3.05, 3.63) is 29.3 Å². The average Bonchev–Trinajstić information content (AvgIpc) is 2.67. The van der Waals surface area contributed by atoms with Gasteiger partial charge in [0.15, 0.2) is 6.79 Å². The van der Waals surface area contributed by atoms with Crippen molar-refractivity contribution in [3.8, 4) is 5.75 Å². The molecule has 0 aliphatic rings. The summed E-state index contributed by atoms with van der Waals surface area (Å²) in [5.74, 6) is 1.76. The van der Waals surface area contributed by atoms with E-state index < -0.39 is 0 Å². The van der Waals surface area contributed by atoms with Gasteiger partial charge in [-0.3, -0.25) is 0 Å². The second-order valence-corrected chi connectivity index (χ2v) is 7.08. The molecule has 0 radical (unpaired) electrons. The third-order valence-electron chi connectivity index (χ3n) is 4.15. The fourth-order valence-corrected chi connectivity index (χ4v) is 2.61. The molecule has 1 aromatic rings. The highest BCUT2D eigenvalue weighted by molar-refractivity contribution is 5.44. The van der Waals surface area contributed by atoms with E-state index >= 15 is 0 Å². The first-order chi connectivity index (χ1) is 13.6. The van der Waals surface area contributed by atoms with E-state index in [-0.39, 0.29) is 6.79 Å². The van der Waals surface area contributed by atoms with Gasteiger partial charge < -0.3 is 28.4 Å². The fraction of sp³-hybridized carbons (Fsp3) is 0.727. The zero-order chi connectivity index (χ0) is 20.6. The molecule has 0 amide bonds. The Labute approximate surface area is 170 Å². The van der Waals surface area contributed by atoms with Crippen LogP contribution in [0.4, 0.5) is 0 Å². The largest absolute Gasteiger partial charge is 0.467 e. The van der Waals surface area contributed by atoms with Gasteiger partial charge in [-0.1, -0.05) is 45.9 Å². The van der Waals surface area contributed by atoms with Gasteiger partial charge in [0.1, 0.15) is 5.75 Å². The molecule has 0 fully saturated rings. The molecule has 0 spiro atoms. The normalized spacial score (nSPS) is 11.5. The van der Waals surface area contributed by atoms with Crippen molar-refractivity contribution in [1.29, 1.82) is 0 Å². The van der Waals surface area contributed by atoms with Gasteiger partial charge in [0, 0.05) is 7.11 Å². The molecule has 1 aromatic carbocycles. The van der Waals surface area contributed by atoms with Crippen LogP contribution in [0.25, 0.3) is 0 Å². The van der Waals surface area contributed by atoms with Crippen LogP contribution in [0, 0.1) is 0 Å². The Kier molecular flexibility index (Phi) is 13.9. The Morgan fingerprint density at radius 2 is 1.07 bits per heavy atom. The van der Waals surface area contributed by atoms with E-state index in [2.05, 4.69) is 45.9 Å². The van der Waals surface area contributed by atoms with Crippen molar-refractivity contribution in [2.24, 2.45) is 0 Å². The molecule has 0 bridgehead atoms. The SMILES string of the molecule is COCCOCCOCCOCCOCOc1c(C(C)C)cccc1C(C)C. The maximum atomic E-state index is 5.97. The van der Waals surface area contributed by atoms with Crippen molar-refractivity contribution in [2.45, 2.75) is 39.5 Å². The molecule has 6 nitrogen and oxygen atoms in total. The Morgan fingerprint density at radius 1 is 0.643 bits per heavy atom. The summed E-state index contributed by atoms with van der Waals surface area (Å²) in [4.78, 5) is 0. The molecule has 0 atom stereocenters. The summed E-state index contributed by atoms with van der Waals surface area (Å²) >= 11 is 0. The van der Waals surface area contributed by atoms with Gasteiger partial charge in [-0.05, 0) is 23.0 Å². The molecule has 0 saturated heterocycles. The van der Waals surface area contributed by atoms with E-state index in [1.165, 1.54) is 11.1 Å². The maximum absolute atomic E-state index is 5.97. The lowest BCUT2D eigenvalue weighted by molar-refractivity contribution is -0.0324. The van der Waals surface area contributed by atoms with Crippen LogP contribution in [0.15, 0.2) is 18.2 Å². The van der Waals surface area contributed by atoms with Crippen LogP contribution >= 0.6 is 0 Å². The van der Waals surface area contributed by atoms with Crippen molar-refractivity contribution in [3.63, 3.8) is 0 Å². The average molecular weight is 399 g/mol. The zero-order valence-electron chi connectivity index (χ0n) is 18.2. The minimum Gasteiger partial charge on any atom is -0.467 e. The van der Waals surface area contributed by atoms with Gasteiger partial charge in [-0.25, -0.2) is 0 Å². The summed E-state index contributed by atoms with van der Waals surface area (Å²) in [6.07, 6.45) is 0. The summed E-state index contributed by atoms with van der Waals surface area (Å²) < 4.78 is 32.6. The third-order valence-corrected chi connectivity index (χ3v) is 4.15. The van der Waals surface area contributed by atoms with Crippen LogP contribution in [0.3, 0.4) is 0 Å². The molecule has 0 unspecified atom stereocenters. The molecule has 1 rings (SSSR count). The molecule has 0 heterocycles. The molecular formula is C22H38O6. The highest BCUT2D eigenvalue weighted by Gasteiger charge is 2.14. The van der Waals surface area contributed by atoms with Crippen LogP contribution in [-0.2, 0) is 23.7 Å². The van der Waals surface area contributed by atoms with Crippen LogP contribution in [-0.4, -0.2) is 66.8 Å². The lowest BCUT2D eigenvalue weighted by Crippen LogP contribution is -2.14. The van der Waals surface area contributed by atoms with E-state index in [9.17, 15) is 0 Å². The lowest BCUT2D eigenvalue weighted by Gasteiger charge is -2.19. The molecule has 0 aliphatic heterocycles. The minimum absolute atomic E-state index is 0.224. The Hall–Kier alpha value is -1.18. The number of para-hydroxylation sites is 1. The van der Waals surface area contributed by atoms with Crippen molar-refractivity contribution < 1.29 is 28.4 Å². The monoisotopic (exact) mass is 398 g/mol. The predicted octanol–water partition coefficient (Wildman–Crippen LogP) is 3.98. The Balaban J connectivity index is 2.11. The molecule has 162 valence electrons. The Morgan fingerprint density at radius 3 is 1.50 bits per heavy atom. The molecule has 28 heavy (non-hydrogen) atoms. The minimum atomic E-state index is 0.224. The lowest BCUT2D eigenvalue weighted by atomic mass is 9.94. The van der Waals surface area contributed by atoms with Gasteiger partial charge in [-0.15, -0.1) is 0 Å². The molecule has 0 aliphatic carbocycles. The van der Waals surface area contributed by atoms with Crippen molar-refractivity contribution in [1.82, 2.24) is 0 Å². The summed E-state index contributed by atoms with van der Waals surface area (Å²) in [6.45, 7) is 13.3. The van der Waals surface area contributed by atoms with Crippen molar-refractivity contribution >= 4 is 0 Å². The van der Waals surface area contributed by atoms with Gasteiger partial charge in [-0.2, -0.15) is 0 Å². The van der Waals surface area contributed by atoms with Gasteiger partial charge >= 0.3 is 0 Å². The van der Waals surface area contributed by atoms with E-state index in [1.54, 1.807) is 7.11 Å². The molecule has 0 saturated carbocycles. The number of ether oxygens (including phenoxy) is 6. The second kappa shape index (κ2) is 15.7. The molecule has 6 heteroatoms. The highest BCUT2D eigenvalue weighted by Crippen LogP contribution is 2.34. The number of hydrogen-bond acceptors (Lipinski definition) is 6. The molecular weight excluding hydrogens is 360 g/mol. The number of methoxy groups -OCH3 is 1. The Bertz CT molecular complexity index is 478. The van der Waals surface area contributed by atoms with Crippen LogP contribution in [0.1, 0.15) is 50.7 Å². The summed E-state index contributed by atoms with van der Waals surface area (Å²) in [5, 5.41) is 0.